The fourth-order valence-electron chi connectivity index (χ4n) is 3.80. The molecule has 3 rings (SSSR count). The topological polar surface area (TPSA) is 41.1 Å². The first kappa shape index (κ1) is 20.5. The van der Waals surface area contributed by atoms with Crippen molar-refractivity contribution in [1.29, 1.82) is 0 Å². The van der Waals surface area contributed by atoms with Crippen LogP contribution in [0.5, 0.6) is 0 Å². The van der Waals surface area contributed by atoms with Gasteiger partial charge in [-0.05, 0) is 49.9 Å². The third-order valence-corrected chi connectivity index (χ3v) is 5.15. The van der Waals surface area contributed by atoms with Crippen molar-refractivity contribution in [2.75, 3.05) is 13.1 Å². The summed E-state index contributed by atoms with van der Waals surface area (Å²) in [6.07, 6.45) is 2.79. The largest absolute Gasteiger partial charge is 0.353 e. The summed E-state index contributed by atoms with van der Waals surface area (Å²) in [5.41, 5.74) is 2.47. The molecule has 0 radical (unpaired) electrons. The smallest absolute Gasteiger partial charge is 0.220 e. The molecule has 1 aliphatic rings. The van der Waals surface area contributed by atoms with Gasteiger partial charge < -0.3 is 10.6 Å². The number of halogens is 1. The maximum Gasteiger partial charge on any atom is 0.220 e. The second-order valence-electron chi connectivity index (χ2n) is 7.05. The monoisotopic (exact) mass is 372 g/mol. The minimum atomic E-state index is 0. The molecule has 3 nitrogen and oxygen atoms in total. The van der Waals surface area contributed by atoms with Gasteiger partial charge in [0.05, 0.1) is 0 Å². The molecule has 1 saturated heterocycles. The van der Waals surface area contributed by atoms with E-state index in [1.807, 2.05) is 12.1 Å². The molecule has 1 aliphatic heterocycles. The van der Waals surface area contributed by atoms with Gasteiger partial charge in [0, 0.05) is 18.4 Å². The van der Waals surface area contributed by atoms with E-state index in [9.17, 15) is 4.79 Å². The number of rotatable bonds is 7. The van der Waals surface area contributed by atoms with E-state index in [0.29, 0.717) is 12.3 Å². The van der Waals surface area contributed by atoms with E-state index < -0.39 is 0 Å². The fraction of sp³-hybridized carbons (Fsp3) is 0.409. The Labute approximate surface area is 163 Å². The Morgan fingerprint density at radius 1 is 1.08 bits per heavy atom. The van der Waals surface area contributed by atoms with Gasteiger partial charge in [0.1, 0.15) is 0 Å². The van der Waals surface area contributed by atoms with Crippen LogP contribution in [0.1, 0.15) is 43.2 Å². The van der Waals surface area contributed by atoms with Gasteiger partial charge in [-0.25, -0.2) is 0 Å². The predicted octanol–water partition coefficient (Wildman–Crippen LogP) is 4.13. The van der Waals surface area contributed by atoms with E-state index >= 15 is 0 Å². The highest BCUT2D eigenvalue weighted by molar-refractivity contribution is 5.85. The Bertz CT molecular complexity index is 617. The molecule has 0 saturated carbocycles. The molecule has 0 aliphatic carbocycles. The fourth-order valence-corrected chi connectivity index (χ4v) is 3.80. The number of amides is 1. The van der Waals surface area contributed by atoms with Crippen LogP contribution in [-0.2, 0) is 4.79 Å². The minimum Gasteiger partial charge on any atom is -0.353 e. The Morgan fingerprint density at radius 2 is 1.65 bits per heavy atom. The van der Waals surface area contributed by atoms with Crippen LogP contribution in [0.2, 0.25) is 0 Å². The molecule has 2 aromatic rings. The zero-order valence-electron chi connectivity index (χ0n) is 15.4. The van der Waals surface area contributed by atoms with Crippen LogP contribution < -0.4 is 10.6 Å². The molecule has 1 amide bonds. The molecule has 0 spiro atoms. The summed E-state index contributed by atoms with van der Waals surface area (Å²) in [5.74, 6) is 0.982. The summed E-state index contributed by atoms with van der Waals surface area (Å²) in [7, 11) is 0. The Balaban J connectivity index is 0.00000243. The molecule has 2 atom stereocenters. The van der Waals surface area contributed by atoms with Gasteiger partial charge in [0.25, 0.3) is 0 Å². The Kier molecular flexibility index (Phi) is 8.14. The first-order chi connectivity index (χ1) is 12.2. The number of benzene rings is 2. The van der Waals surface area contributed by atoms with Gasteiger partial charge in [-0.1, -0.05) is 60.7 Å². The summed E-state index contributed by atoms with van der Waals surface area (Å²) in [6.45, 7) is 4.26. The zero-order valence-corrected chi connectivity index (χ0v) is 16.2. The summed E-state index contributed by atoms with van der Waals surface area (Å²) in [6, 6.07) is 20.9. The first-order valence-corrected chi connectivity index (χ1v) is 9.34. The maximum atomic E-state index is 12.4. The summed E-state index contributed by atoms with van der Waals surface area (Å²) < 4.78 is 0. The number of hydrogen-bond acceptors (Lipinski definition) is 2. The number of carbonyl (C=O) groups is 1. The second-order valence-corrected chi connectivity index (χ2v) is 7.05. The number of nitrogens with one attached hydrogen (secondary N) is 2. The van der Waals surface area contributed by atoms with Crippen LogP contribution >= 0.6 is 12.4 Å². The average Bonchev–Trinajstić information content (AvgIpc) is 3.16. The lowest BCUT2D eigenvalue weighted by molar-refractivity contribution is -0.122. The van der Waals surface area contributed by atoms with Crippen molar-refractivity contribution >= 4 is 18.3 Å². The van der Waals surface area contributed by atoms with Crippen LogP contribution in [0.15, 0.2) is 60.7 Å². The van der Waals surface area contributed by atoms with E-state index in [0.717, 1.165) is 19.5 Å². The van der Waals surface area contributed by atoms with E-state index in [1.54, 1.807) is 0 Å². The highest BCUT2D eigenvalue weighted by atomic mass is 35.5. The molecule has 2 N–H and O–H groups in total. The molecule has 0 aromatic heterocycles. The molecule has 140 valence electrons. The Morgan fingerprint density at radius 3 is 2.15 bits per heavy atom. The third-order valence-electron chi connectivity index (χ3n) is 5.15. The lowest BCUT2D eigenvalue weighted by atomic mass is 9.85. The molecule has 1 heterocycles. The molecule has 4 heteroatoms. The van der Waals surface area contributed by atoms with Gasteiger partial charge in [0.2, 0.25) is 5.91 Å². The van der Waals surface area contributed by atoms with Crippen molar-refractivity contribution in [2.24, 2.45) is 5.92 Å². The van der Waals surface area contributed by atoms with Crippen LogP contribution in [-0.4, -0.2) is 25.0 Å². The highest BCUT2D eigenvalue weighted by Gasteiger charge is 2.23. The van der Waals surface area contributed by atoms with E-state index in [1.165, 1.54) is 17.5 Å². The SMILES string of the molecule is CC(NC(=O)CCC1CCNC1)C(c1ccccc1)c1ccccc1.Cl. The van der Waals surface area contributed by atoms with Crippen LogP contribution in [0.25, 0.3) is 0 Å². The molecule has 26 heavy (non-hydrogen) atoms. The van der Waals surface area contributed by atoms with Crippen molar-refractivity contribution in [3.05, 3.63) is 71.8 Å². The minimum absolute atomic E-state index is 0. The molecular formula is C22H29ClN2O. The summed E-state index contributed by atoms with van der Waals surface area (Å²) in [4.78, 5) is 12.4. The van der Waals surface area contributed by atoms with Gasteiger partial charge in [0.15, 0.2) is 0 Å². The lowest BCUT2D eigenvalue weighted by Crippen LogP contribution is -2.37. The third kappa shape index (κ3) is 5.58. The molecule has 1 fully saturated rings. The lowest BCUT2D eigenvalue weighted by Gasteiger charge is -2.26. The zero-order chi connectivity index (χ0) is 17.5. The van der Waals surface area contributed by atoms with Crippen LogP contribution in [0.4, 0.5) is 0 Å². The normalized spacial score (nSPS) is 17.5. The van der Waals surface area contributed by atoms with Crippen molar-refractivity contribution < 1.29 is 4.79 Å². The number of carbonyl (C=O) groups excluding carboxylic acids is 1. The van der Waals surface area contributed by atoms with Crippen LogP contribution in [0.3, 0.4) is 0 Å². The molecule has 2 unspecified atom stereocenters. The van der Waals surface area contributed by atoms with Gasteiger partial charge in [-0.3, -0.25) is 4.79 Å². The van der Waals surface area contributed by atoms with Gasteiger partial charge >= 0.3 is 0 Å². The maximum absolute atomic E-state index is 12.4. The quantitative estimate of drug-likeness (QED) is 0.767. The van der Waals surface area contributed by atoms with Crippen molar-refractivity contribution in [2.45, 2.75) is 38.1 Å². The van der Waals surface area contributed by atoms with Crippen LogP contribution in [0, 0.1) is 5.92 Å². The Hall–Kier alpha value is -1.84. The van der Waals surface area contributed by atoms with Crippen molar-refractivity contribution in [1.82, 2.24) is 10.6 Å². The summed E-state index contributed by atoms with van der Waals surface area (Å²) in [5, 5.41) is 6.61. The predicted molar refractivity (Wildman–Crippen MR) is 110 cm³/mol. The molecule has 2 aromatic carbocycles. The van der Waals surface area contributed by atoms with Gasteiger partial charge in [-0.15, -0.1) is 12.4 Å². The molecular weight excluding hydrogens is 344 g/mol. The van der Waals surface area contributed by atoms with E-state index in [2.05, 4.69) is 66.1 Å². The van der Waals surface area contributed by atoms with E-state index in [4.69, 9.17) is 0 Å². The van der Waals surface area contributed by atoms with Gasteiger partial charge in [-0.2, -0.15) is 0 Å². The van der Waals surface area contributed by atoms with Crippen molar-refractivity contribution in [3.63, 3.8) is 0 Å². The van der Waals surface area contributed by atoms with E-state index in [-0.39, 0.29) is 30.3 Å². The average molecular weight is 373 g/mol. The van der Waals surface area contributed by atoms with Crippen molar-refractivity contribution in [3.8, 4) is 0 Å². The number of hydrogen-bond donors (Lipinski definition) is 2. The second kappa shape index (κ2) is 10.3. The highest BCUT2D eigenvalue weighted by Crippen LogP contribution is 2.28. The first-order valence-electron chi connectivity index (χ1n) is 9.34. The standard InChI is InChI=1S/C22H28N2O.ClH/c1-17(24-21(25)13-12-18-14-15-23-16-18)22(19-8-4-2-5-9-19)20-10-6-3-7-11-20;/h2-11,17-18,22-23H,12-16H2,1H3,(H,24,25);1H. The molecule has 0 bridgehead atoms. The summed E-state index contributed by atoms with van der Waals surface area (Å²) >= 11 is 0.